The van der Waals surface area contributed by atoms with Crippen LogP contribution in [0.1, 0.15) is 6.42 Å². The van der Waals surface area contributed by atoms with E-state index < -0.39 is 9.84 Å². The summed E-state index contributed by atoms with van der Waals surface area (Å²) in [5, 5.41) is 0. The van der Waals surface area contributed by atoms with Gasteiger partial charge in [-0.2, -0.15) is 0 Å². The molecule has 1 aromatic carbocycles. The first-order valence-electron chi connectivity index (χ1n) is 5.17. The van der Waals surface area contributed by atoms with Gasteiger partial charge in [-0.1, -0.05) is 24.8 Å². The summed E-state index contributed by atoms with van der Waals surface area (Å²) in [6.07, 6.45) is 0.417. The highest BCUT2D eigenvalue weighted by molar-refractivity contribution is 7.91. The Morgan fingerprint density at radius 2 is 2.00 bits per heavy atom. The summed E-state index contributed by atoms with van der Waals surface area (Å²) in [7, 11) is -3.26. The maximum atomic E-state index is 12.0. The Morgan fingerprint density at radius 3 is 2.56 bits per heavy atom. The van der Waals surface area contributed by atoms with Crippen LogP contribution in [0, 0.1) is 0 Å². The summed E-state index contributed by atoms with van der Waals surface area (Å²) in [6, 6.07) is 8.44. The average Bonchev–Trinajstić information content (AvgIpc) is 2.65. The zero-order chi connectivity index (χ0) is 11.6. The smallest absolute Gasteiger partial charge is 0.181 e. The standard InChI is InChI=1S/C12H14O3S/c1-10-7-8-15-12(10)9-16(13,14)11-5-3-2-4-6-11/h2-6,12H,1,7-9H2. The van der Waals surface area contributed by atoms with Gasteiger partial charge in [0, 0.05) is 0 Å². The van der Waals surface area contributed by atoms with Crippen LogP contribution in [0.5, 0.6) is 0 Å². The highest BCUT2D eigenvalue weighted by Gasteiger charge is 2.27. The molecule has 1 saturated heterocycles. The van der Waals surface area contributed by atoms with E-state index in [4.69, 9.17) is 4.74 Å². The third-order valence-electron chi connectivity index (χ3n) is 2.67. The molecule has 16 heavy (non-hydrogen) atoms. The van der Waals surface area contributed by atoms with Crippen LogP contribution in [0.2, 0.25) is 0 Å². The molecule has 0 bridgehead atoms. The molecule has 1 aliphatic rings. The van der Waals surface area contributed by atoms with Crippen molar-refractivity contribution < 1.29 is 13.2 Å². The van der Waals surface area contributed by atoms with Gasteiger partial charge in [0.15, 0.2) is 9.84 Å². The van der Waals surface area contributed by atoms with Crippen molar-refractivity contribution in [3.05, 3.63) is 42.5 Å². The van der Waals surface area contributed by atoms with Crippen LogP contribution in [0.4, 0.5) is 0 Å². The Hall–Kier alpha value is -1.13. The highest BCUT2D eigenvalue weighted by Crippen LogP contribution is 2.22. The molecular weight excluding hydrogens is 224 g/mol. The predicted octanol–water partition coefficient (Wildman–Crippen LogP) is 1.81. The summed E-state index contributed by atoms with van der Waals surface area (Å²) < 4.78 is 29.4. The molecule has 0 amide bonds. The van der Waals surface area contributed by atoms with Crippen LogP contribution in [-0.4, -0.2) is 26.9 Å². The zero-order valence-corrected chi connectivity index (χ0v) is 9.74. The summed E-state index contributed by atoms with van der Waals surface area (Å²) >= 11 is 0. The van der Waals surface area contributed by atoms with Crippen molar-refractivity contribution >= 4 is 9.84 Å². The van der Waals surface area contributed by atoms with Crippen molar-refractivity contribution in [3.8, 4) is 0 Å². The van der Waals surface area contributed by atoms with Crippen molar-refractivity contribution in [1.29, 1.82) is 0 Å². The molecule has 1 heterocycles. The van der Waals surface area contributed by atoms with Gasteiger partial charge in [-0.15, -0.1) is 0 Å². The van der Waals surface area contributed by atoms with Gasteiger partial charge in [0.25, 0.3) is 0 Å². The quantitative estimate of drug-likeness (QED) is 0.754. The van der Waals surface area contributed by atoms with Gasteiger partial charge in [0.2, 0.25) is 0 Å². The fourth-order valence-corrected chi connectivity index (χ4v) is 3.20. The molecule has 0 aromatic heterocycles. The fourth-order valence-electron chi connectivity index (χ4n) is 1.70. The normalized spacial score (nSPS) is 21.2. The van der Waals surface area contributed by atoms with E-state index in [9.17, 15) is 8.42 Å². The van der Waals surface area contributed by atoms with Crippen molar-refractivity contribution in [2.75, 3.05) is 12.4 Å². The molecule has 0 aliphatic carbocycles. The summed E-state index contributed by atoms with van der Waals surface area (Å²) in [5.41, 5.74) is 0.875. The molecule has 0 spiro atoms. The van der Waals surface area contributed by atoms with Crippen molar-refractivity contribution in [3.63, 3.8) is 0 Å². The van der Waals surface area contributed by atoms with Crippen LogP contribution in [0.25, 0.3) is 0 Å². The topological polar surface area (TPSA) is 43.4 Å². The third kappa shape index (κ3) is 2.33. The first-order valence-corrected chi connectivity index (χ1v) is 6.82. The number of hydrogen-bond donors (Lipinski definition) is 0. The molecular formula is C12H14O3S. The molecule has 3 nitrogen and oxygen atoms in total. The minimum absolute atomic E-state index is 0.00412. The minimum Gasteiger partial charge on any atom is -0.372 e. The summed E-state index contributed by atoms with van der Waals surface area (Å²) in [4.78, 5) is 0.346. The molecule has 0 N–H and O–H groups in total. The van der Waals surface area contributed by atoms with Crippen LogP contribution >= 0.6 is 0 Å². The van der Waals surface area contributed by atoms with E-state index in [-0.39, 0.29) is 11.9 Å². The molecule has 0 radical (unpaired) electrons. The monoisotopic (exact) mass is 238 g/mol. The number of hydrogen-bond acceptors (Lipinski definition) is 3. The lowest BCUT2D eigenvalue weighted by atomic mass is 10.2. The minimum atomic E-state index is -3.26. The molecule has 1 atom stereocenters. The van der Waals surface area contributed by atoms with Gasteiger partial charge in [-0.05, 0) is 24.1 Å². The lowest BCUT2D eigenvalue weighted by molar-refractivity contribution is 0.139. The van der Waals surface area contributed by atoms with E-state index in [0.717, 1.165) is 12.0 Å². The van der Waals surface area contributed by atoms with E-state index in [1.807, 2.05) is 0 Å². The van der Waals surface area contributed by atoms with Gasteiger partial charge >= 0.3 is 0 Å². The second-order valence-corrected chi connectivity index (χ2v) is 5.90. The van der Waals surface area contributed by atoms with Gasteiger partial charge < -0.3 is 4.74 Å². The SMILES string of the molecule is C=C1CCOC1CS(=O)(=O)c1ccccc1. The Balaban J connectivity index is 2.18. The average molecular weight is 238 g/mol. The van der Waals surface area contributed by atoms with Crippen molar-refractivity contribution in [2.45, 2.75) is 17.4 Å². The Kier molecular flexibility index (Phi) is 3.12. The maximum Gasteiger partial charge on any atom is 0.181 e. The molecule has 1 aliphatic heterocycles. The second kappa shape index (κ2) is 4.39. The highest BCUT2D eigenvalue weighted by atomic mass is 32.2. The van der Waals surface area contributed by atoms with Crippen LogP contribution in [0.3, 0.4) is 0 Å². The van der Waals surface area contributed by atoms with Crippen LogP contribution in [-0.2, 0) is 14.6 Å². The van der Waals surface area contributed by atoms with Gasteiger partial charge in [-0.3, -0.25) is 0 Å². The lowest BCUT2D eigenvalue weighted by Crippen LogP contribution is -2.21. The largest absolute Gasteiger partial charge is 0.372 e. The van der Waals surface area contributed by atoms with Crippen molar-refractivity contribution in [2.24, 2.45) is 0 Å². The van der Waals surface area contributed by atoms with Crippen LogP contribution in [0.15, 0.2) is 47.4 Å². The fraction of sp³-hybridized carbons (Fsp3) is 0.333. The third-order valence-corrected chi connectivity index (χ3v) is 4.40. The molecule has 4 heteroatoms. The van der Waals surface area contributed by atoms with E-state index in [2.05, 4.69) is 6.58 Å². The van der Waals surface area contributed by atoms with E-state index >= 15 is 0 Å². The summed E-state index contributed by atoms with van der Waals surface area (Å²) in [5.74, 6) is -0.00412. The first kappa shape index (κ1) is 11.4. The van der Waals surface area contributed by atoms with Crippen LogP contribution < -0.4 is 0 Å². The number of benzene rings is 1. The molecule has 86 valence electrons. The van der Waals surface area contributed by atoms with Gasteiger partial charge in [0.1, 0.15) is 0 Å². The number of rotatable bonds is 3. The molecule has 1 aromatic rings. The van der Waals surface area contributed by atoms with Gasteiger partial charge in [-0.25, -0.2) is 8.42 Å². The maximum absolute atomic E-state index is 12.0. The molecule has 1 fully saturated rings. The first-order chi connectivity index (χ1) is 7.59. The van der Waals surface area contributed by atoms with E-state index in [1.54, 1.807) is 30.3 Å². The Morgan fingerprint density at radius 1 is 1.31 bits per heavy atom. The van der Waals surface area contributed by atoms with E-state index in [0.29, 0.717) is 11.5 Å². The Labute approximate surface area is 95.7 Å². The number of ether oxygens (including phenoxy) is 1. The van der Waals surface area contributed by atoms with E-state index in [1.165, 1.54) is 0 Å². The molecule has 1 unspecified atom stereocenters. The van der Waals surface area contributed by atoms with Crippen molar-refractivity contribution in [1.82, 2.24) is 0 Å². The predicted molar refractivity (Wildman–Crippen MR) is 62.0 cm³/mol. The number of sulfone groups is 1. The zero-order valence-electron chi connectivity index (χ0n) is 8.93. The second-order valence-electron chi connectivity index (χ2n) is 3.86. The Bertz CT molecular complexity index is 476. The molecule has 0 saturated carbocycles. The summed E-state index contributed by atoms with van der Waals surface area (Å²) in [6.45, 7) is 4.40. The van der Waals surface area contributed by atoms with Gasteiger partial charge in [0.05, 0.1) is 23.4 Å². The molecule has 2 rings (SSSR count). The lowest BCUT2D eigenvalue weighted by Gasteiger charge is -2.11.